The molecule has 3 atom stereocenters. The molecular formula is C13H23F3O. The minimum atomic E-state index is -4.15. The van der Waals surface area contributed by atoms with E-state index >= 15 is 0 Å². The zero-order chi connectivity index (χ0) is 13.1. The Balaban J connectivity index is 2.58. The topological polar surface area (TPSA) is 20.2 Å². The fourth-order valence-corrected chi connectivity index (χ4v) is 2.74. The van der Waals surface area contributed by atoms with Crippen LogP contribution in [0.1, 0.15) is 52.4 Å². The third-order valence-electron chi connectivity index (χ3n) is 3.77. The van der Waals surface area contributed by atoms with Crippen LogP contribution in [0.3, 0.4) is 0 Å². The smallest absolute Gasteiger partial charge is 0.392 e. The van der Waals surface area contributed by atoms with Gasteiger partial charge in [0.2, 0.25) is 0 Å². The van der Waals surface area contributed by atoms with Crippen molar-refractivity contribution in [1.29, 1.82) is 0 Å². The number of hydrogen-bond donors (Lipinski definition) is 1. The lowest BCUT2D eigenvalue weighted by atomic mass is 9.74. The van der Waals surface area contributed by atoms with Gasteiger partial charge in [-0.05, 0) is 37.5 Å². The fraction of sp³-hybridized carbons (Fsp3) is 1.00. The quantitative estimate of drug-likeness (QED) is 0.796. The molecule has 0 amide bonds. The van der Waals surface area contributed by atoms with Crippen LogP contribution in [-0.2, 0) is 0 Å². The Morgan fingerprint density at radius 1 is 1.12 bits per heavy atom. The van der Waals surface area contributed by atoms with Crippen molar-refractivity contribution in [2.24, 2.45) is 17.8 Å². The maximum absolute atomic E-state index is 12.8. The molecule has 0 radical (unpaired) electrons. The summed E-state index contributed by atoms with van der Waals surface area (Å²) >= 11 is 0. The van der Waals surface area contributed by atoms with Gasteiger partial charge < -0.3 is 5.11 Å². The summed E-state index contributed by atoms with van der Waals surface area (Å²) in [6, 6.07) is 0. The third-order valence-corrected chi connectivity index (χ3v) is 3.77. The average molecular weight is 252 g/mol. The van der Waals surface area contributed by atoms with Crippen molar-refractivity contribution in [2.75, 3.05) is 0 Å². The molecule has 17 heavy (non-hydrogen) atoms. The highest BCUT2D eigenvalue weighted by Gasteiger charge is 2.47. The molecule has 0 saturated heterocycles. The Morgan fingerprint density at radius 2 is 1.71 bits per heavy atom. The van der Waals surface area contributed by atoms with E-state index in [-0.39, 0.29) is 6.42 Å². The lowest BCUT2D eigenvalue weighted by Crippen LogP contribution is -2.39. The van der Waals surface area contributed by atoms with Gasteiger partial charge in [-0.25, -0.2) is 0 Å². The van der Waals surface area contributed by atoms with Crippen LogP contribution in [-0.4, -0.2) is 17.4 Å². The van der Waals surface area contributed by atoms with E-state index in [9.17, 15) is 18.3 Å². The number of halogens is 3. The molecule has 0 aromatic rings. The number of alkyl halides is 3. The average Bonchev–Trinajstić information content (AvgIpc) is 2.24. The van der Waals surface area contributed by atoms with Crippen LogP contribution in [0, 0.1) is 17.8 Å². The maximum atomic E-state index is 12.8. The van der Waals surface area contributed by atoms with Crippen molar-refractivity contribution in [3.8, 4) is 0 Å². The Labute approximate surface area is 101 Å². The molecule has 0 bridgehead atoms. The number of aliphatic hydroxyl groups excluding tert-OH is 1. The molecule has 102 valence electrons. The normalized spacial score (nSPS) is 28.4. The number of rotatable bonds is 4. The van der Waals surface area contributed by atoms with E-state index in [1.54, 1.807) is 0 Å². The summed E-state index contributed by atoms with van der Waals surface area (Å²) in [5.41, 5.74) is 0. The van der Waals surface area contributed by atoms with Gasteiger partial charge in [0.1, 0.15) is 0 Å². The van der Waals surface area contributed by atoms with Crippen LogP contribution in [0.2, 0.25) is 0 Å². The van der Waals surface area contributed by atoms with Crippen molar-refractivity contribution in [1.82, 2.24) is 0 Å². The molecule has 0 aromatic heterocycles. The predicted molar refractivity (Wildman–Crippen MR) is 61.6 cm³/mol. The minimum absolute atomic E-state index is 0.187. The van der Waals surface area contributed by atoms with Gasteiger partial charge in [0.05, 0.1) is 12.0 Å². The van der Waals surface area contributed by atoms with E-state index in [4.69, 9.17) is 0 Å². The second kappa shape index (κ2) is 6.07. The molecule has 1 aliphatic carbocycles. The molecule has 0 heterocycles. The minimum Gasteiger partial charge on any atom is -0.393 e. The molecule has 1 aliphatic rings. The monoisotopic (exact) mass is 252 g/mol. The summed E-state index contributed by atoms with van der Waals surface area (Å²) in [4.78, 5) is 0. The lowest BCUT2D eigenvalue weighted by Gasteiger charge is -2.36. The Hall–Kier alpha value is -0.250. The second-order valence-corrected chi connectivity index (χ2v) is 5.63. The molecule has 0 spiro atoms. The van der Waals surface area contributed by atoms with Gasteiger partial charge in [-0.2, -0.15) is 13.2 Å². The first-order chi connectivity index (χ1) is 7.82. The highest BCUT2D eigenvalue weighted by atomic mass is 19.4. The van der Waals surface area contributed by atoms with Crippen LogP contribution in [0.25, 0.3) is 0 Å². The zero-order valence-electron chi connectivity index (χ0n) is 10.6. The molecule has 0 aromatic carbocycles. The molecule has 0 aliphatic heterocycles. The summed E-state index contributed by atoms with van der Waals surface area (Å²) in [7, 11) is 0. The van der Waals surface area contributed by atoms with E-state index in [0.717, 1.165) is 12.8 Å². The summed E-state index contributed by atoms with van der Waals surface area (Å²) in [6.45, 7) is 4.05. The first-order valence-corrected chi connectivity index (χ1v) is 6.57. The molecule has 1 rings (SSSR count). The van der Waals surface area contributed by atoms with Crippen LogP contribution in [0.15, 0.2) is 0 Å². The van der Waals surface area contributed by atoms with E-state index in [1.165, 1.54) is 0 Å². The van der Waals surface area contributed by atoms with E-state index in [2.05, 4.69) is 0 Å². The highest BCUT2D eigenvalue weighted by Crippen LogP contribution is 2.43. The van der Waals surface area contributed by atoms with Gasteiger partial charge in [-0.3, -0.25) is 0 Å². The molecular weight excluding hydrogens is 229 g/mol. The van der Waals surface area contributed by atoms with E-state index in [1.807, 2.05) is 13.8 Å². The molecule has 1 fully saturated rings. The van der Waals surface area contributed by atoms with Crippen molar-refractivity contribution >= 4 is 0 Å². The van der Waals surface area contributed by atoms with Gasteiger partial charge in [-0.15, -0.1) is 0 Å². The third kappa shape index (κ3) is 4.49. The van der Waals surface area contributed by atoms with Gasteiger partial charge in [0.15, 0.2) is 0 Å². The standard InChI is InChI=1S/C13H23F3O/c1-9(2)7-8-12(17)10-5-3-4-6-11(10)13(14,15)16/h9-12,17H,3-8H2,1-2H3. The molecule has 1 N–H and O–H groups in total. The van der Waals surface area contributed by atoms with Crippen LogP contribution < -0.4 is 0 Å². The molecule has 3 unspecified atom stereocenters. The van der Waals surface area contributed by atoms with Gasteiger partial charge in [-0.1, -0.05) is 26.7 Å². The molecule has 4 heteroatoms. The fourth-order valence-electron chi connectivity index (χ4n) is 2.74. The lowest BCUT2D eigenvalue weighted by molar-refractivity contribution is -0.207. The Kier molecular flexibility index (Phi) is 5.29. The van der Waals surface area contributed by atoms with Crippen molar-refractivity contribution in [3.05, 3.63) is 0 Å². The van der Waals surface area contributed by atoms with Crippen LogP contribution in [0.4, 0.5) is 13.2 Å². The summed E-state index contributed by atoms with van der Waals surface area (Å²) in [5, 5.41) is 9.96. The predicted octanol–water partition coefficient (Wildman–Crippen LogP) is 4.15. The zero-order valence-corrected chi connectivity index (χ0v) is 10.6. The first-order valence-electron chi connectivity index (χ1n) is 6.57. The van der Waals surface area contributed by atoms with Gasteiger partial charge >= 0.3 is 6.18 Å². The summed E-state index contributed by atoms with van der Waals surface area (Å²) in [5.74, 6) is -1.45. The molecule has 1 saturated carbocycles. The SMILES string of the molecule is CC(C)CCC(O)C1CCCCC1C(F)(F)F. The Morgan fingerprint density at radius 3 is 2.24 bits per heavy atom. The number of hydrogen-bond acceptors (Lipinski definition) is 1. The van der Waals surface area contributed by atoms with Crippen molar-refractivity contribution in [2.45, 2.75) is 64.7 Å². The summed E-state index contributed by atoms with van der Waals surface area (Å²) < 4.78 is 38.5. The van der Waals surface area contributed by atoms with Crippen LogP contribution in [0.5, 0.6) is 0 Å². The summed E-state index contributed by atoms with van der Waals surface area (Å²) in [6.07, 6.45) is -1.49. The van der Waals surface area contributed by atoms with Gasteiger partial charge in [0, 0.05) is 0 Å². The highest BCUT2D eigenvalue weighted by molar-refractivity contribution is 4.85. The van der Waals surface area contributed by atoms with Gasteiger partial charge in [0.25, 0.3) is 0 Å². The van der Waals surface area contributed by atoms with E-state index in [0.29, 0.717) is 25.2 Å². The first kappa shape index (κ1) is 14.8. The number of aliphatic hydroxyl groups is 1. The largest absolute Gasteiger partial charge is 0.393 e. The maximum Gasteiger partial charge on any atom is 0.392 e. The Bertz CT molecular complexity index is 225. The van der Waals surface area contributed by atoms with E-state index < -0.39 is 24.1 Å². The van der Waals surface area contributed by atoms with Crippen molar-refractivity contribution < 1.29 is 18.3 Å². The molecule has 1 nitrogen and oxygen atoms in total. The second-order valence-electron chi connectivity index (χ2n) is 5.63. The van der Waals surface area contributed by atoms with Crippen molar-refractivity contribution in [3.63, 3.8) is 0 Å². The van der Waals surface area contributed by atoms with Crippen LogP contribution >= 0.6 is 0 Å².